The first-order chi connectivity index (χ1) is 22.2. The zero-order valence-corrected chi connectivity index (χ0v) is 25.9. The number of aliphatic hydroxyl groups is 1. The van der Waals surface area contributed by atoms with Gasteiger partial charge in [0, 0.05) is 7.11 Å². The average Bonchev–Trinajstić information content (AvgIpc) is 3.08. The molecule has 0 saturated heterocycles. The lowest BCUT2D eigenvalue weighted by Gasteiger charge is -2.13. The highest BCUT2D eigenvalue weighted by molar-refractivity contribution is 5.93. The van der Waals surface area contributed by atoms with Gasteiger partial charge in [0.15, 0.2) is 11.5 Å². The molecular formula is C38H36O8. The Hall–Kier alpha value is -5.31. The Morgan fingerprint density at radius 1 is 0.674 bits per heavy atom. The fourth-order valence-electron chi connectivity index (χ4n) is 4.42. The summed E-state index contributed by atoms with van der Waals surface area (Å²) < 4.78 is 21.4. The summed E-state index contributed by atoms with van der Waals surface area (Å²) in [6, 6.07) is 26.8. The summed E-state index contributed by atoms with van der Waals surface area (Å²) in [4.78, 5) is 37.8. The molecule has 8 nitrogen and oxygen atoms in total. The van der Waals surface area contributed by atoms with E-state index in [4.69, 9.17) is 18.9 Å². The number of hydrogen-bond acceptors (Lipinski definition) is 8. The molecule has 0 amide bonds. The summed E-state index contributed by atoms with van der Waals surface area (Å²) in [7, 11) is 1.46. The Kier molecular flexibility index (Phi) is 11.8. The number of unbranched alkanes of at least 4 members (excludes halogenated alkanes) is 1. The Morgan fingerprint density at radius 2 is 1.24 bits per heavy atom. The van der Waals surface area contributed by atoms with Crippen molar-refractivity contribution in [1.29, 1.82) is 0 Å². The molecule has 0 aromatic heterocycles. The molecule has 0 heterocycles. The number of carbonyl (C=O) groups excluding carboxylic acids is 3. The molecule has 1 N–H and O–H groups in total. The molecule has 4 rings (SSSR count). The molecule has 0 bridgehead atoms. The molecule has 46 heavy (non-hydrogen) atoms. The quantitative estimate of drug-likeness (QED) is 0.0900. The van der Waals surface area contributed by atoms with Gasteiger partial charge >= 0.3 is 17.9 Å². The predicted octanol–water partition coefficient (Wildman–Crippen LogP) is 7.14. The number of benzene rings is 4. The van der Waals surface area contributed by atoms with Crippen molar-refractivity contribution in [1.82, 2.24) is 0 Å². The third-order valence-corrected chi connectivity index (χ3v) is 7.06. The molecule has 0 fully saturated rings. The normalized spacial score (nSPS) is 10.6. The van der Waals surface area contributed by atoms with Crippen LogP contribution in [0.2, 0.25) is 0 Å². The van der Waals surface area contributed by atoms with Crippen LogP contribution in [0.1, 0.15) is 35.7 Å². The monoisotopic (exact) mass is 620 g/mol. The van der Waals surface area contributed by atoms with Crippen molar-refractivity contribution < 1.29 is 38.4 Å². The van der Waals surface area contributed by atoms with E-state index in [9.17, 15) is 19.5 Å². The summed E-state index contributed by atoms with van der Waals surface area (Å²) >= 11 is 0. The molecular weight excluding hydrogens is 584 g/mol. The Balaban J connectivity index is 1.55. The molecule has 0 spiro atoms. The van der Waals surface area contributed by atoms with E-state index in [2.05, 4.69) is 44.3 Å². The van der Waals surface area contributed by atoms with Crippen LogP contribution >= 0.6 is 0 Å². The van der Waals surface area contributed by atoms with E-state index >= 15 is 0 Å². The number of rotatable bonds is 14. The standard InChI is InChI=1S/C38H36O8/c1-5-6-7-27-8-10-28(11-9-27)29-12-14-31(15-13-29)38(42)46-35-22-32(18-21-34(35)45-36(40)25(2)23-39)30-16-19-33(20-17-30)44-37(41)26(3)24-43-4/h8-22,39H,2-3,5-7,23-24H2,1,4H3. The second-order valence-electron chi connectivity index (χ2n) is 10.5. The summed E-state index contributed by atoms with van der Waals surface area (Å²) in [5, 5.41) is 9.30. The second-order valence-corrected chi connectivity index (χ2v) is 10.5. The molecule has 0 aliphatic carbocycles. The van der Waals surface area contributed by atoms with Gasteiger partial charge in [0.1, 0.15) is 5.75 Å². The first-order valence-corrected chi connectivity index (χ1v) is 14.8. The van der Waals surface area contributed by atoms with E-state index in [1.54, 1.807) is 48.5 Å². The second kappa shape index (κ2) is 16.1. The van der Waals surface area contributed by atoms with Crippen molar-refractivity contribution in [2.24, 2.45) is 0 Å². The van der Waals surface area contributed by atoms with Gasteiger partial charge in [-0.1, -0.05) is 81.1 Å². The number of aliphatic hydroxyl groups excluding tert-OH is 1. The van der Waals surface area contributed by atoms with Crippen LogP contribution in [0.25, 0.3) is 22.3 Å². The SMILES string of the molecule is C=C(COC)C(=O)Oc1ccc(-c2ccc(OC(=O)C(=C)CO)c(OC(=O)c3ccc(-c4ccc(CCCC)cc4)cc3)c2)cc1. The number of aryl methyl sites for hydroxylation is 1. The lowest BCUT2D eigenvalue weighted by atomic mass is 10.0. The Labute approximate surface area is 268 Å². The van der Waals surface area contributed by atoms with E-state index in [-0.39, 0.29) is 29.3 Å². The van der Waals surface area contributed by atoms with Crippen LogP contribution in [0.3, 0.4) is 0 Å². The van der Waals surface area contributed by atoms with Gasteiger partial charge in [0.05, 0.1) is 29.9 Å². The molecule has 4 aromatic rings. The highest BCUT2D eigenvalue weighted by Gasteiger charge is 2.18. The van der Waals surface area contributed by atoms with Crippen LogP contribution in [-0.2, 0) is 20.7 Å². The van der Waals surface area contributed by atoms with Gasteiger partial charge in [-0.3, -0.25) is 0 Å². The minimum absolute atomic E-state index is 0.0142. The van der Waals surface area contributed by atoms with Crippen molar-refractivity contribution in [3.05, 3.63) is 126 Å². The minimum Gasteiger partial charge on any atom is -0.423 e. The van der Waals surface area contributed by atoms with Crippen molar-refractivity contribution in [3.63, 3.8) is 0 Å². The molecule has 8 heteroatoms. The lowest BCUT2D eigenvalue weighted by Crippen LogP contribution is -2.15. The third kappa shape index (κ3) is 8.88. The van der Waals surface area contributed by atoms with Gasteiger partial charge in [0.2, 0.25) is 0 Å². The average molecular weight is 621 g/mol. The van der Waals surface area contributed by atoms with E-state index in [1.165, 1.54) is 18.7 Å². The number of carbonyl (C=O) groups is 3. The summed E-state index contributed by atoms with van der Waals surface area (Å²) in [6.45, 7) is 8.77. The summed E-state index contributed by atoms with van der Waals surface area (Å²) in [5.74, 6) is -1.86. The highest BCUT2D eigenvalue weighted by atomic mass is 16.6. The van der Waals surface area contributed by atoms with Gasteiger partial charge in [-0.05, 0) is 77.1 Å². The maximum absolute atomic E-state index is 13.2. The first-order valence-electron chi connectivity index (χ1n) is 14.8. The minimum atomic E-state index is -0.862. The molecule has 0 unspecified atom stereocenters. The first kappa shape index (κ1) is 33.6. The highest BCUT2D eigenvalue weighted by Crippen LogP contribution is 2.35. The van der Waals surface area contributed by atoms with Crippen molar-refractivity contribution >= 4 is 17.9 Å². The number of ether oxygens (including phenoxy) is 4. The van der Waals surface area contributed by atoms with Crippen LogP contribution in [0, 0.1) is 0 Å². The molecule has 0 radical (unpaired) electrons. The van der Waals surface area contributed by atoms with Crippen LogP contribution < -0.4 is 14.2 Å². The fraction of sp³-hybridized carbons (Fsp3) is 0.184. The van der Waals surface area contributed by atoms with Gasteiger partial charge in [-0.25, -0.2) is 14.4 Å². The van der Waals surface area contributed by atoms with Crippen molar-refractivity contribution in [3.8, 4) is 39.5 Å². The zero-order valence-electron chi connectivity index (χ0n) is 25.9. The van der Waals surface area contributed by atoms with Crippen LogP contribution in [0.4, 0.5) is 0 Å². The third-order valence-electron chi connectivity index (χ3n) is 7.06. The van der Waals surface area contributed by atoms with E-state index in [0.29, 0.717) is 22.4 Å². The zero-order chi connectivity index (χ0) is 33.1. The smallest absolute Gasteiger partial charge is 0.343 e. The number of hydrogen-bond donors (Lipinski definition) is 1. The van der Waals surface area contributed by atoms with Crippen molar-refractivity contribution in [2.45, 2.75) is 26.2 Å². The molecule has 0 atom stereocenters. The van der Waals surface area contributed by atoms with E-state index in [0.717, 1.165) is 30.4 Å². The van der Waals surface area contributed by atoms with Gasteiger partial charge < -0.3 is 24.1 Å². The van der Waals surface area contributed by atoms with Gasteiger partial charge in [-0.2, -0.15) is 0 Å². The van der Waals surface area contributed by atoms with Crippen molar-refractivity contribution in [2.75, 3.05) is 20.3 Å². The largest absolute Gasteiger partial charge is 0.423 e. The van der Waals surface area contributed by atoms with E-state index < -0.39 is 24.5 Å². The topological polar surface area (TPSA) is 108 Å². The van der Waals surface area contributed by atoms with Gasteiger partial charge in [-0.15, -0.1) is 0 Å². The maximum Gasteiger partial charge on any atom is 0.343 e. The Bertz CT molecular complexity index is 1700. The van der Waals surface area contributed by atoms with Gasteiger partial charge in [0.25, 0.3) is 0 Å². The number of methoxy groups -OCH3 is 1. The van der Waals surface area contributed by atoms with Crippen LogP contribution in [0.15, 0.2) is 115 Å². The summed E-state index contributed by atoms with van der Waals surface area (Å²) in [6.07, 6.45) is 3.33. The van der Waals surface area contributed by atoms with Crippen LogP contribution in [-0.4, -0.2) is 43.3 Å². The molecule has 4 aromatic carbocycles. The molecule has 0 saturated carbocycles. The number of esters is 3. The molecule has 236 valence electrons. The summed E-state index contributed by atoms with van der Waals surface area (Å²) in [5.41, 5.74) is 4.93. The molecule has 0 aliphatic rings. The molecule has 0 aliphatic heterocycles. The lowest BCUT2D eigenvalue weighted by molar-refractivity contribution is -0.131. The fourth-order valence-corrected chi connectivity index (χ4v) is 4.42. The Morgan fingerprint density at radius 3 is 1.85 bits per heavy atom. The van der Waals surface area contributed by atoms with Crippen LogP contribution in [0.5, 0.6) is 17.2 Å². The predicted molar refractivity (Wildman–Crippen MR) is 176 cm³/mol. The maximum atomic E-state index is 13.2. The van der Waals surface area contributed by atoms with E-state index in [1.807, 2.05) is 12.1 Å².